The van der Waals surface area contributed by atoms with Gasteiger partial charge in [0, 0.05) is 11.5 Å². The van der Waals surface area contributed by atoms with Gasteiger partial charge in [0.1, 0.15) is 5.75 Å². The zero-order valence-electron chi connectivity index (χ0n) is 10.1. The van der Waals surface area contributed by atoms with Gasteiger partial charge in [0.2, 0.25) is 5.95 Å². The lowest BCUT2D eigenvalue weighted by Crippen LogP contribution is -2.03. The summed E-state index contributed by atoms with van der Waals surface area (Å²) in [5, 5.41) is 3.23. The van der Waals surface area contributed by atoms with Crippen LogP contribution in [0.1, 0.15) is 0 Å². The van der Waals surface area contributed by atoms with Crippen LogP contribution in [-0.4, -0.2) is 29.1 Å². The molecule has 0 atom stereocenters. The van der Waals surface area contributed by atoms with E-state index in [1.165, 1.54) is 7.11 Å². The standard InChI is InChI=1S/C11H10BrClN4O2/c1-14-9-15-10(18-2)17-11(16-9)19-8-4-3-6(12)5-7(8)13/h3-5H,1-2H3,(H,14,15,16,17). The molecule has 1 aromatic carbocycles. The third-order valence-electron chi connectivity index (χ3n) is 2.10. The van der Waals surface area contributed by atoms with Crippen LogP contribution in [0.4, 0.5) is 5.95 Å². The number of rotatable bonds is 4. The molecule has 8 heteroatoms. The van der Waals surface area contributed by atoms with Crippen LogP contribution < -0.4 is 14.8 Å². The molecule has 0 fully saturated rings. The van der Waals surface area contributed by atoms with Gasteiger partial charge in [-0.05, 0) is 18.2 Å². The molecule has 0 amide bonds. The first-order valence-electron chi connectivity index (χ1n) is 5.23. The molecule has 1 N–H and O–H groups in total. The fourth-order valence-corrected chi connectivity index (χ4v) is 1.96. The average Bonchev–Trinajstić information content (AvgIpc) is 2.41. The Labute approximate surface area is 123 Å². The first-order chi connectivity index (χ1) is 9.12. The summed E-state index contributed by atoms with van der Waals surface area (Å²) >= 11 is 9.37. The van der Waals surface area contributed by atoms with Crippen LogP contribution in [-0.2, 0) is 0 Å². The van der Waals surface area contributed by atoms with Gasteiger partial charge in [-0.2, -0.15) is 9.97 Å². The Morgan fingerprint density at radius 2 is 1.95 bits per heavy atom. The largest absolute Gasteiger partial charge is 0.467 e. The highest BCUT2D eigenvalue weighted by molar-refractivity contribution is 9.10. The normalized spacial score (nSPS) is 10.1. The van der Waals surface area contributed by atoms with Gasteiger partial charge in [0.25, 0.3) is 0 Å². The van der Waals surface area contributed by atoms with E-state index in [4.69, 9.17) is 21.1 Å². The minimum absolute atomic E-state index is 0.0976. The van der Waals surface area contributed by atoms with Crippen molar-refractivity contribution in [2.24, 2.45) is 0 Å². The average molecular weight is 346 g/mol. The van der Waals surface area contributed by atoms with Gasteiger partial charge in [0.15, 0.2) is 0 Å². The molecular formula is C11H10BrClN4O2. The molecule has 0 saturated carbocycles. The van der Waals surface area contributed by atoms with Crippen molar-refractivity contribution < 1.29 is 9.47 Å². The predicted octanol–water partition coefficient (Wildman–Crippen LogP) is 3.13. The van der Waals surface area contributed by atoms with E-state index in [2.05, 4.69) is 36.2 Å². The van der Waals surface area contributed by atoms with Crippen LogP contribution in [0.3, 0.4) is 0 Å². The first kappa shape index (κ1) is 13.8. The Balaban J connectivity index is 2.31. The van der Waals surface area contributed by atoms with Crippen LogP contribution in [0.5, 0.6) is 17.8 Å². The number of hydrogen-bond donors (Lipinski definition) is 1. The molecule has 0 spiro atoms. The maximum absolute atomic E-state index is 6.05. The predicted molar refractivity (Wildman–Crippen MR) is 75.2 cm³/mol. The second-order valence-electron chi connectivity index (χ2n) is 3.36. The summed E-state index contributed by atoms with van der Waals surface area (Å²) in [4.78, 5) is 12.0. The molecule has 2 rings (SSSR count). The lowest BCUT2D eigenvalue weighted by molar-refractivity contribution is 0.360. The molecule has 1 heterocycles. The van der Waals surface area contributed by atoms with E-state index in [-0.39, 0.29) is 12.0 Å². The molecule has 6 nitrogen and oxygen atoms in total. The molecule has 0 aliphatic heterocycles. The number of hydrogen-bond acceptors (Lipinski definition) is 6. The number of methoxy groups -OCH3 is 1. The van der Waals surface area contributed by atoms with E-state index in [0.717, 1.165) is 4.47 Å². The number of ether oxygens (including phenoxy) is 2. The number of anilines is 1. The quantitative estimate of drug-likeness (QED) is 0.918. The molecule has 0 aliphatic carbocycles. The van der Waals surface area contributed by atoms with Crippen molar-refractivity contribution in [3.63, 3.8) is 0 Å². The van der Waals surface area contributed by atoms with Gasteiger partial charge in [-0.1, -0.05) is 27.5 Å². The van der Waals surface area contributed by atoms with Crippen molar-refractivity contribution in [3.8, 4) is 17.8 Å². The van der Waals surface area contributed by atoms with Crippen molar-refractivity contribution in [2.45, 2.75) is 0 Å². The monoisotopic (exact) mass is 344 g/mol. The summed E-state index contributed by atoms with van der Waals surface area (Å²) in [6.45, 7) is 0. The number of benzene rings is 1. The lowest BCUT2D eigenvalue weighted by Gasteiger charge is -2.08. The third kappa shape index (κ3) is 3.45. The number of nitrogens with zero attached hydrogens (tertiary/aromatic N) is 3. The number of aromatic nitrogens is 3. The van der Waals surface area contributed by atoms with Gasteiger partial charge in [0.05, 0.1) is 12.1 Å². The zero-order chi connectivity index (χ0) is 13.8. The van der Waals surface area contributed by atoms with Crippen LogP contribution in [0.2, 0.25) is 5.02 Å². The Hall–Kier alpha value is -1.60. The van der Waals surface area contributed by atoms with Gasteiger partial charge >= 0.3 is 12.0 Å². The van der Waals surface area contributed by atoms with Gasteiger partial charge in [-0.15, -0.1) is 4.98 Å². The summed E-state index contributed by atoms with van der Waals surface area (Å²) in [6, 6.07) is 5.48. The molecule has 0 bridgehead atoms. The minimum Gasteiger partial charge on any atom is -0.467 e. The third-order valence-corrected chi connectivity index (χ3v) is 2.88. The maximum atomic E-state index is 6.05. The summed E-state index contributed by atoms with van der Waals surface area (Å²) < 4.78 is 11.3. The minimum atomic E-state index is 0.0976. The van der Waals surface area contributed by atoms with Crippen molar-refractivity contribution in [1.82, 2.24) is 15.0 Å². The van der Waals surface area contributed by atoms with Crippen molar-refractivity contribution in [3.05, 3.63) is 27.7 Å². The highest BCUT2D eigenvalue weighted by Gasteiger charge is 2.10. The molecule has 19 heavy (non-hydrogen) atoms. The first-order valence-corrected chi connectivity index (χ1v) is 6.40. The SMILES string of the molecule is CNc1nc(OC)nc(Oc2ccc(Br)cc2Cl)n1. The molecule has 0 unspecified atom stereocenters. The smallest absolute Gasteiger partial charge is 0.330 e. The van der Waals surface area contributed by atoms with Crippen LogP contribution in [0.25, 0.3) is 0 Å². The molecule has 0 radical (unpaired) electrons. The summed E-state index contributed by atoms with van der Waals surface area (Å²) in [7, 11) is 3.15. The molecule has 0 aliphatic rings. The fraction of sp³-hybridized carbons (Fsp3) is 0.182. The van der Waals surface area contributed by atoms with Crippen LogP contribution in [0, 0.1) is 0 Å². The topological polar surface area (TPSA) is 69.2 Å². The van der Waals surface area contributed by atoms with Crippen molar-refractivity contribution in [1.29, 1.82) is 0 Å². The van der Waals surface area contributed by atoms with E-state index in [1.54, 1.807) is 25.2 Å². The maximum Gasteiger partial charge on any atom is 0.330 e. The lowest BCUT2D eigenvalue weighted by atomic mass is 10.3. The van der Waals surface area contributed by atoms with Crippen molar-refractivity contribution in [2.75, 3.05) is 19.5 Å². The summed E-state index contributed by atoms with van der Waals surface area (Å²) in [5.74, 6) is 0.787. The molecular weight excluding hydrogens is 336 g/mol. The second-order valence-corrected chi connectivity index (χ2v) is 4.68. The van der Waals surface area contributed by atoms with Gasteiger partial charge in [-0.25, -0.2) is 0 Å². The van der Waals surface area contributed by atoms with E-state index >= 15 is 0 Å². The molecule has 1 aromatic heterocycles. The van der Waals surface area contributed by atoms with Crippen LogP contribution >= 0.6 is 27.5 Å². The Bertz CT molecular complexity index is 575. The van der Waals surface area contributed by atoms with Gasteiger partial charge in [-0.3, -0.25) is 0 Å². The highest BCUT2D eigenvalue weighted by atomic mass is 79.9. The Kier molecular flexibility index (Phi) is 4.39. The number of nitrogens with one attached hydrogen (secondary N) is 1. The Morgan fingerprint density at radius 1 is 1.21 bits per heavy atom. The van der Waals surface area contributed by atoms with E-state index in [1.807, 2.05) is 0 Å². The van der Waals surface area contributed by atoms with E-state index < -0.39 is 0 Å². The van der Waals surface area contributed by atoms with E-state index in [0.29, 0.717) is 16.7 Å². The molecule has 100 valence electrons. The Morgan fingerprint density at radius 3 is 2.58 bits per heavy atom. The summed E-state index contributed by atoms with van der Waals surface area (Å²) in [6.07, 6.45) is 0. The fourth-order valence-electron chi connectivity index (χ4n) is 1.24. The van der Waals surface area contributed by atoms with E-state index in [9.17, 15) is 0 Å². The van der Waals surface area contributed by atoms with Gasteiger partial charge < -0.3 is 14.8 Å². The molecule has 0 saturated heterocycles. The zero-order valence-corrected chi connectivity index (χ0v) is 12.5. The molecule has 2 aromatic rings. The second kappa shape index (κ2) is 6.03. The highest BCUT2D eigenvalue weighted by Crippen LogP contribution is 2.30. The summed E-state index contributed by atoms with van der Waals surface area (Å²) in [5.41, 5.74) is 0. The number of halogens is 2. The van der Waals surface area contributed by atoms with Crippen molar-refractivity contribution >= 4 is 33.5 Å². The van der Waals surface area contributed by atoms with Crippen LogP contribution in [0.15, 0.2) is 22.7 Å².